The van der Waals surface area contributed by atoms with Crippen LogP contribution in [0, 0.1) is 0 Å². The van der Waals surface area contributed by atoms with Gasteiger partial charge in [0, 0.05) is 78.4 Å². The molecule has 0 saturated heterocycles. The molecule has 7 heteroatoms. The van der Waals surface area contributed by atoms with Crippen molar-refractivity contribution in [2.75, 3.05) is 19.6 Å². The van der Waals surface area contributed by atoms with E-state index in [2.05, 4.69) is 346 Å². The summed E-state index contributed by atoms with van der Waals surface area (Å²) in [6, 6.07) is 105. The first-order valence-corrected chi connectivity index (χ1v) is 31.7. The third-order valence-electron chi connectivity index (χ3n) is 18.9. The molecule has 2 aromatic heterocycles. The molecule has 436 valence electrons. The first-order valence-electron chi connectivity index (χ1n) is 31.7. The number of rotatable bonds is 9. The van der Waals surface area contributed by atoms with E-state index in [9.17, 15) is 0 Å². The zero-order chi connectivity index (χ0) is 61.3. The van der Waals surface area contributed by atoms with Gasteiger partial charge in [0.25, 0.3) is 6.71 Å². The second-order valence-corrected chi connectivity index (χ2v) is 26.5. The number of anilines is 12. The fourth-order valence-corrected chi connectivity index (χ4v) is 14.4. The Kier molecular flexibility index (Phi) is 12.4. The molecular formula is C84H65BN4O2. The van der Waals surface area contributed by atoms with Gasteiger partial charge in [0.15, 0.2) is 5.58 Å². The molecule has 0 saturated carbocycles. The standard InChI is InChI=1S/C84H65BN4O2/c1-83(2,3)58-35-42-62(43-36-58)88-71-48-49-78-79(69-27-16-18-31-77(69)90-78)81(71)85-70-47-46-65(87(64-41-34-55-22-13-14-23-57(55)50-64)72-29-19-28-68-67-26-15-17-30-76(67)91-82(68)72)51-73(70)89(63-44-37-59(38-45-63)84(4,5)6)75-53-66(52-74(88)80(75)85)86(60-24-11-8-12-25-60)61-39-32-56(33-40-61)54-20-9-7-10-21-54/h7-53H,1-6H3. The smallest absolute Gasteiger partial charge is 0.253 e. The minimum atomic E-state index is -0.263. The Hall–Kier alpha value is -11.0. The molecule has 4 heterocycles. The van der Waals surface area contributed by atoms with Crippen LogP contribution in [0.5, 0.6) is 0 Å². The third kappa shape index (κ3) is 8.93. The molecule has 91 heavy (non-hydrogen) atoms. The Balaban J connectivity index is 0.992. The molecule has 0 bridgehead atoms. The van der Waals surface area contributed by atoms with E-state index in [1.165, 1.54) is 38.5 Å². The maximum atomic E-state index is 6.98. The van der Waals surface area contributed by atoms with Gasteiger partial charge in [0.2, 0.25) is 0 Å². The minimum Gasteiger partial charge on any atom is -0.456 e. The summed E-state index contributed by atoms with van der Waals surface area (Å²) in [5.41, 5.74) is 24.3. The van der Waals surface area contributed by atoms with Crippen LogP contribution in [0.1, 0.15) is 52.7 Å². The average Bonchev–Trinajstić information content (AvgIpc) is 1.46. The van der Waals surface area contributed by atoms with Crippen LogP contribution in [0.4, 0.5) is 68.2 Å². The lowest BCUT2D eigenvalue weighted by molar-refractivity contribution is 0.590. The molecule has 17 rings (SSSR count). The van der Waals surface area contributed by atoms with E-state index in [1.807, 2.05) is 0 Å². The van der Waals surface area contributed by atoms with Crippen LogP contribution < -0.4 is 36.0 Å². The van der Waals surface area contributed by atoms with Gasteiger partial charge >= 0.3 is 0 Å². The Bertz CT molecular complexity index is 5330. The molecule has 6 nitrogen and oxygen atoms in total. The average molecular weight is 1170 g/mol. The number of nitrogens with zero attached hydrogens (tertiary/aromatic N) is 4. The lowest BCUT2D eigenvalue weighted by Crippen LogP contribution is -2.61. The van der Waals surface area contributed by atoms with Gasteiger partial charge in [-0.15, -0.1) is 0 Å². The molecule has 0 unspecified atom stereocenters. The second-order valence-electron chi connectivity index (χ2n) is 26.5. The second kappa shape index (κ2) is 20.8. The Morgan fingerprint density at radius 1 is 0.330 bits per heavy atom. The number of hydrogen-bond acceptors (Lipinski definition) is 6. The van der Waals surface area contributed by atoms with Crippen molar-refractivity contribution in [2.45, 2.75) is 52.4 Å². The molecule has 0 aliphatic carbocycles. The van der Waals surface area contributed by atoms with Crippen molar-refractivity contribution in [3.8, 4) is 11.1 Å². The summed E-state index contributed by atoms with van der Waals surface area (Å²) in [6.45, 7) is 13.5. The van der Waals surface area contributed by atoms with Crippen molar-refractivity contribution in [1.29, 1.82) is 0 Å². The van der Waals surface area contributed by atoms with Gasteiger partial charge in [-0.2, -0.15) is 0 Å². The molecule has 0 spiro atoms. The third-order valence-corrected chi connectivity index (χ3v) is 18.9. The van der Waals surface area contributed by atoms with Crippen LogP contribution in [0.15, 0.2) is 294 Å². The summed E-state index contributed by atoms with van der Waals surface area (Å²) in [6.07, 6.45) is 0. The van der Waals surface area contributed by atoms with E-state index in [1.54, 1.807) is 0 Å². The molecule has 0 N–H and O–H groups in total. The molecular weight excluding hydrogens is 1110 g/mol. The maximum absolute atomic E-state index is 6.98. The van der Waals surface area contributed by atoms with Crippen LogP contribution >= 0.6 is 0 Å². The molecule has 0 fully saturated rings. The van der Waals surface area contributed by atoms with Crippen molar-refractivity contribution in [1.82, 2.24) is 0 Å². The van der Waals surface area contributed by atoms with E-state index in [0.717, 1.165) is 123 Å². The highest BCUT2D eigenvalue weighted by molar-refractivity contribution is 7.02. The molecule has 2 aliphatic heterocycles. The number of hydrogen-bond donors (Lipinski definition) is 0. The quantitative estimate of drug-likeness (QED) is 0.134. The van der Waals surface area contributed by atoms with Gasteiger partial charge in [-0.25, -0.2) is 0 Å². The number of fused-ring (bicyclic) bond motifs is 12. The first-order chi connectivity index (χ1) is 44.4. The van der Waals surface area contributed by atoms with Crippen molar-refractivity contribution in [3.63, 3.8) is 0 Å². The largest absolute Gasteiger partial charge is 0.456 e. The van der Waals surface area contributed by atoms with Crippen molar-refractivity contribution in [2.24, 2.45) is 0 Å². The van der Waals surface area contributed by atoms with E-state index in [4.69, 9.17) is 8.83 Å². The molecule has 2 aliphatic rings. The van der Waals surface area contributed by atoms with Crippen molar-refractivity contribution in [3.05, 3.63) is 296 Å². The lowest BCUT2D eigenvalue weighted by Gasteiger charge is -2.45. The summed E-state index contributed by atoms with van der Waals surface area (Å²) >= 11 is 0. The Morgan fingerprint density at radius 3 is 1.54 bits per heavy atom. The van der Waals surface area contributed by atoms with Gasteiger partial charge in [0.1, 0.15) is 16.7 Å². The van der Waals surface area contributed by atoms with Gasteiger partial charge in [0.05, 0.1) is 11.4 Å². The highest BCUT2D eigenvalue weighted by Crippen LogP contribution is 2.52. The fourth-order valence-electron chi connectivity index (χ4n) is 14.4. The van der Waals surface area contributed by atoms with Crippen LogP contribution in [0.25, 0.3) is 65.8 Å². The summed E-state index contributed by atoms with van der Waals surface area (Å²) in [5.74, 6) is 0. The van der Waals surface area contributed by atoms with Gasteiger partial charge in [-0.3, -0.25) is 0 Å². The van der Waals surface area contributed by atoms with E-state index in [0.29, 0.717) is 0 Å². The predicted octanol–water partition coefficient (Wildman–Crippen LogP) is 21.9. The van der Waals surface area contributed by atoms with Crippen molar-refractivity contribution >= 4 is 146 Å². The van der Waals surface area contributed by atoms with E-state index in [-0.39, 0.29) is 17.5 Å². The predicted molar refractivity (Wildman–Crippen MR) is 385 cm³/mol. The van der Waals surface area contributed by atoms with Crippen molar-refractivity contribution < 1.29 is 8.83 Å². The van der Waals surface area contributed by atoms with Gasteiger partial charge < -0.3 is 28.4 Å². The fraction of sp³-hybridized carbons (Fsp3) is 0.0952. The SMILES string of the molecule is CC(C)(C)c1ccc(N2c3cc(N(c4ccc5ccccc5c4)c4cccc5c4oc4ccccc45)ccc3B3c4c2cc(N(c2ccccc2)c2ccc(-c5ccccc5)cc2)cc4N(c2ccc(C(C)(C)C)cc2)c2ccc4oc5ccccc5c4c23)cc1. The summed E-state index contributed by atoms with van der Waals surface area (Å²) in [7, 11) is 0. The van der Waals surface area contributed by atoms with E-state index >= 15 is 0 Å². The number of para-hydroxylation sites is 4. The molecule has 0 amide bonds. The van der Waals surface area contributed by atoms with Crippen LogP contribution in [0.2, 0.25) is 0 Å². The summed E-state index contributed by atoms with van der Waals surface area (Å²) < 4.78 is 13.9. The first kappa shape index (κ1) is 54.2. The molecule has 15 aromatic rings. The molecule has 0 radical (unpaired) electrons. The Labute approximate surface area is 531 Å². The monoisotopic (exact) mass is 1170 g/mol. The van der Waals surface area contributed by atoms with Crippen LogP contribution in [-0.4, -0.2) is 6.71 Å². The minimum absolute atomic E-state index is 0.0509. The lowest BCUT2D eigenvalue weighted by atomic mass is 9.33. The maximum Gasteiger partial charge on any atom is 0.253 e. The zero-order valence-electron chi connectivity index (χ0n) is 51.8. The highest BCUT2D eigenvalue weighted by Gasteiger charge is 2.46. The van der Waals surface area contributed by atoms with Gasteiger partial charge in [-0.1, -0.05) is 211 Å². The molecule has 0 atom stereocenters. The normalized spacial score (nSPS) is 12.9. The zero-order valence-corrected chi connectivity index (χ0v) is 51.8. The summed E-state index contributed by atoms with van der Waals surface area (Å²) in [4.78, 5) is 9.95. The summed E-state index contributed by atoms with van der Waals surface area (Å²) in [5, 5.41) is 6.69. The Morgan fingerprint density at radius 2 is 0.857 bits per heavy atom. The topological polar surface area (TPSA) is 39.2 Å². The number of furan rings is 2. The van der Waals surface area contributed by atoms with Crippen LogP contribution in [0.3, 0.4) is 0 Å². The van der Waals surface area contributed by atoms with Gasteiger partial charge in [-0.05, 0) is 176 Å². The van der Waals surface area contributed by atoms with E-state index < -0.39 is 0 Å². The highest BCUT2D eigenvalue weighted by atomic mass is 16.3. The number of benzene rings is 13. The molecule has 13 aromatic carbocycles. The van der Waals surface area contributed by atoms with Crippen LogP contribution in [-0.2, 0) is 10.8 Å².